The normalized spacial score (nSPS) is 37.9. The lowest BCUT2D eigenvalue weighted by molar-refractivity contribution is 0.133. The Hall–Kier alpha value is -0.0800. The van der Waals surface area contributed by atoms with Gasteiger partial charge in [-0.05, 0) is 31.7 Å². The molecule has 0 aromatic heterocycles. The van der Waals surface area contributed by atoms with E-state index in [2.05, 4.69) is 19.3 Å². The second-order valence-electron chi connectivity index (χ2n) is 3.55. The van der Waals surface area contributed by atoms with Crippen molar-refractivity contribution in [1.29, 1.82) is 0 Å². The van der Waals surface area contributed by atoms with Crippen molar-refractivity contribution in [3.63, 3.8) is 0 Å². The number of rotatable bonds is 3. The van der Waals surface area contributed by atoms with E-state index in [1.807, 2.05) is 0 Å². The lowest BCUT2D eigenvalue weighted by Gasteiger charge is -2.19. The van der Waals surface area contributed by atoms with Crippen LogP contribution in [0.1, 0.15) is 19.8 Å². The van der Waals surface area contributed by atoms with E-state index in [9.17, 15) is 0 Å². The summed E-state index contributed by atoms with van der Waals surface area (Å²) in [6, 6.07) is 0.718. The average molecular weight is 157 g/mol. The summed E-state index contributed by atoms with van der Waals surface area (Å²) < 4.78 is 5.16. The monoisotopic (exact) mass is 157 g/mol. The average Bonchev–Trinajstić information content (AvgIpc) is 2.34. The van der Waals surface area contributed by atoms with Gasteiger partial charge in [-0.1, -0.05) is 6.92 Å². The van der Waals surface area contributed by atoms with Gasteiger partial charge in [-0.3, -0.25) is 0 Å². The first-order valence-corrected chi connectivity index (χ1v) is 4.45. The highest BCUT2D eigenvalue weighted by Gasteiger charge is 2.31. The van der Waals surface area contributed by atoms with Gasteiger partial charge in [-0.25, -0.2) is 0 Å². The van der Waals surface area contributed by atoms with Crippen molar-refractivity contribution in [3.8, 4) is 0 Å². The minimum Gasteiger partial charge on any atom is -0.384 e. The number of hydrogen-bond acceptors (Lipinski definition) is 2. The van der Waals surface area contributed by atoms with Crippen molar-refractivity contribution in [3.05, 3.63) is 0 Å². The molecule has 0 aromatic rings. The largest absolute Gasteiger partial charge is 0.384 e. The maximum Gasteiger partial charge on any atom is 0.0493 e. The molecule has 1 aliphatic rings. The molecule has 0 aromatic carbocycles. The van der Waals surface area contributed by atoms with Crippen LogP contribution in [0, 0.1) is 11.8 Å². The molecule has 0 radical (unpaired) electrons. The van der Waals surface area contributed by atoms with Gasteiger partial charge in [-0.15, -0.1) is 0 Å². The molecule has 1 aliphatic carbocycles. The standard InChI is InChI=1S/C9H19NO/c1-7-8(6-11-3)4-5-9(7)10-2/h7-10H,4-6H2,1-3H3. The summed E-state index contributed by atoms with van der Waals surface area (Å²) in [6.07, 6.45) is 2.63. The molecule has 1 rings (SSSR count). The van der Waals surface area contributed by atoms with Gasteiger partial charge in [0.2, 0.25) is 0 Å². The Morgan fingerprint density at radius 3 is 2.64 bits per heavy atom. The van der Waals surface area contributed by atoms with E-state index in [-0.39, 0.29) is 0 Å². The molecule has 2 heteroatoms. The highest BCUT2D eigenvalue weighted by atomic mass is 16.5. The number of nitrogens with one attached hydrogen (secondary N) is 1. The molecule has 0 saturated heterocycles. The molecule has 66 valence electrons. The molecular formula is C9H19NO. The van der Waals surface area contributed by atoms with Crippen molar-refractivity contribution in [2.75, 3.05) is 20.8 Å². The Labute approximate surface area is 69.3 Å². The SMILES string of the molecule is CNC1CCC(COC)C1C. The van der Waals surface area contributed by atoms with Crippen LogP contribution in [-0.2, 0) is 4.74 Å². The Bertz CT molecular complexity index is 116. The fourth-order valence-electron chi connectivity index (χ4n) is 2.10. The molecule has 0 heterocycles. The van der Waals surface area contributed by atoms with Crippen molar-refractivity contribution in [1.82, 2.24) is 5.32 Å². The Kier molecular flexibility index (Phi) is 3.34. The number of ether oxygens (including phenoxy) is 1. The van der Waals surface area contributed by atoms with Crippen molar-refractivity contribution >= 4 is 0 Å². The molecule has 0 amide bonds. The van der Waals surface area contributed by atoms with Gasteiger partial charge < -0.3 is 10.1 Å². The quantitative estimate of drug-likeness (QED) is 0.666. The van der Waals surface area contributed by atoms with Crippen LogP contribution in [0.3, 0.4) is 0 Å². The minimum absolute atomic E-state index is 0.718. The summed E-state index contributed by atoms with van der Waals surface area (Å²) in [4.78, 5) is 0. The van der Waals surface area contributed by atoms with Crippen LogP contribution < -0.4 is 5.32 Å². The van der Waals surface area contributed by atoms with Gasteiger partial charge in [0, 0.05) is 19.8 Å². The molecule has 0 aliphatic heterocycles. The van der Waals surface area contributed by atoms with Crippen LogP contribution >= 0.6 is 0 Å². The van der Waals surface area contributed by atoms with Crippen LogP contribution in [-0.4, -0.2) is 26.8 Å². The molecule has 0 bridgehead atoms. The zero-order chi connectivity index (χ0) is 8.27. The van der Waals surface area contributed by atoms with Crippen LogP contribution in [0.4, 0.5) is 0 Å². The molecule has 2 nitrogen and oxygen atoms in total. The minimum atomic E-state index is 0.718. The fourth-order valence-corrected chi connectivity index (χ4v) is 2.10. The topological polar surface area (TPSA) is 21.3 Å². The first-order chi connectivity index (χ1) is 5.29. The van der Waals surface area contributed by atoms with E-state index in [0.717, 1.165) is 24.5 Å². The van der Waals surface area contributed by atoms with E-state index < -0.39 is 0 Å². The second-order valence-corrected chi connectivity index (χ2v) is 3.55. The van der Waals surface area contributed by atoms with Crippen LogP contribution in [0.25, 0.3) is 0 Å². The highest BCUT2D eigenvalue weighted by Crippen LogP contribution is 2.31. The Morgan fingerprint density at radius 1 is 1.45 bits per heavy atom. The maximum atomic E-state index is 5.16. The Balaban J connectivity index is 2.35. The van der Waals surface area contributed by atoms with Crippen molar-refractivity contribution < 1.29 is 4.74 Å². The van der Waals surface area contributed by atoms with E-state index >= 15 is 0 Å². The lowest BCUT2D eigenvalue weighted by Crippen LogP contribution is -2.30. The molecule has 0 spiro atoms. The van der Waals surface area contributed by atoms with Gasteiger partial charge in [0.05, 0.1) is 0 Å². The summed E-state index contributed by atoms with van der Waals surface area (Å²) in [5.41, 5.74) is 0. The van der Waals surface area contributed by atoms with Gasteiger partial charge in [0.25, 0.3) is 0 Å². The molecular weight excluding hydrogens is 138 g/mol. The van der Waals surface area contributed by atoms with E-state index in [1.165, 1.54) is 12.8 Å². The first-order valence-electron chi connectivity index (χ1n) is 4.45. The molecule has 3 unspecified atom stereocenters. The second kappa shape index (κ2) is 4.07. The van der Waals surface area contributed by atoms with Gasteiger partial charge >= 0.3 is 0 Å². The number of methoxy groups -OCH3 is 1. The smallest absolute Gasteiger partial charge is 0.0493 e. The summed E-state index contributed by atoms with van der Waals surface area (Å²) in [6.45, 7) is 3.25. The predicted molar refractivity (Wildman–Crippen MR) is 46.6 cm³/mol. The van der Waals surface area contributed by atoms with Crippen molar-refractivity contribution in [2.24, 2.45) is 11.8 Å². The van der Waals surface area contributed by atoms with Crippen molar-refractivity contribution in [2.45, 2.75) is 25.8 Å². The van der Waals surface area contributed by atoms with Gasteiger partial charge in [0.1, 0.15) is 0 Å². The third-order valence-electron chi connectivity index (χ3n) is 2.98. The summed E-state index contributed by atoms with van der Waals surface area (Å²) in [5, 5.41) is 3.35. The summed E-state index contributed by atoms with van der Waals surface area (Å²) in [7, 11) is 3.84. The first kappa shape index (κ1) is 9.01. The molecule has 1 saturated carbocycles. The van der Waals surface area contributed by atoms with E-state index in [4.69, 9.17) is 4.74 Å². The van der Waals surface area contributed by atoms with Crippen LogP contribution in [0.5, 0.6) is 0 Å². The fraction of sp³-hybridized carbons (Fsp3) is 1.00. The van der Waals surface area contributed by atoms with Crippen LogP contribution in [0.15, 0.2) is 0 Å². The number of hydrogen-bond donors (Lipinski definition) is 1. The molecule has 3 atom stereocenters. The predicted octanol–water partition coefficient (Wildman–Crippen LogP) is 1.27. The summed E-state index contributed by atoms with van der Waals surface area (Å²) in [5.74, 6) is 1.55. The zero-order valence-electron chi connectivity index (χ0n) is 7.76. The Morgan fingerprint density at radius 2 is 2.18 bits per heavy atom. The van der Waals surface area contributed by atoms with E-state index in [0.29, 0.717) is 0 Å². The van der Waals surface area contributed by atoms with E-state index in [1.54, 1.807) is 7.11 Å². The molecule has 1 fully saturated rings. The molecule has 1 N–H and O–H groups in total. The lowest BCUT2D eigenvalue weighted by atomic mass is 9.97. The third kappa shape index (κ3) is 1.94. The molecule has 11 heavy (non-hydrogen) atoms. The third-order valence-corrected chi connectivity index (χ3v) is 2.98. The van der Waals surface area contributed by atoms with Crippen LogP contribution in [0.2, 0.25) is 0 Å². The zero-order valence-corrected chi connectivity index (χ0v) is 7.76. The summed E-state index contributed by atoms with van der Waals surface area (Å²) >= 11 is 0. The highest BCUT2D eigenvalue weighted by molar-refractivity contribution is 4.85. The maximum absolute atomic E-state index is 5.16. The van der Waals surface area contributed by atoms with Gasteiger partial charge in [0.15, 0.2) is 0 Å². The van der Waals surface area contributed by atoms with Gasteiger partial charge in [-0.2, -0.15) is 0 Å².